The van der Waals surface area contributed by atoms with Gasteiger partial charge in [-0.1, -0.05) is 30.3 Å². The highest BCUT2D eigenvalue weighted by Gasteiger charge is 2.13. The van der Waals surface area contributed by atoms with Gasteiger partial charge in [0.1, 0.15) is 5.75 Å². The number of phenols is 1. The van der Waals surface area contributed by atoms with Crippen LogP contribution in [0.4, 0.5) is 0 Å². The van der Waals surface area contributed by atoms with Crippen molar-refractivity contribution in [1.29, 1.82) is 0 Å². The molecule has 3 heteroatoms. The summed E-state index contributed by atoms with van der Waals surface area (Å²) in [7, 11) is 0. The molecule has 0 aliphatic rings. The Labute approximate surface area is 125 Å². The highest BCUT2D eigenvalue weighted by atomic mass is 32.2. The topological polar surface area (TPSA) is 32.3 Å². The second-order valence-electron chi connectivity index (χ2n) is 4.94. The van der Waals surface area contributed by atoms with Gasteiger partial charge in [0.05, 0.1) is 0 Å². The fourth-order valence-corrected chi connectivity index (χ4v) is 2.72. The molecule has 0 aromatic heterocycles. The van der Waals surface area contributed by atoms with Crippen LogP contribution in [0.5, 0.6) is 5.75 Å². The van der Waals surface area contributed by atoms with Crippen molar-refractivity contribution >= 4 is 11.8 Å². The van der Waals surface area contributed by atoms with Crippen LogP contribution in [0.2, 0.25) is 0 Å². The van der Waals surface area contributed by atoms with Gasteiger partial charge in [-0.2, -0.15) is 0 Å². The van der Waals surface area contributed by atoms with E-state index in [1.54, 1.807) is 17.8 Å². The van der Waals surface area contributed by atoms with E-state index < -0.39 is 0 Å². The Kier molecular flexibility index (Phi) is 5.10. The molecule has 0 radical (unpaired) electrons. The van der Waals surface area contributed by atoms with Crippen molar-refractivity contribution in [3.8, 4) is 5.75 Å². The molecule has 0 fully saturated rings. The summed E-state index contributed by atoms with van der Waals surface area (Å²) in [6.07, 6.45) is 2.08. The average molecular weight is 287 g/mol. The second-order valence-corrected chi connectivity index (χ2v) is 5.82. The molecule has 2 unspecified atom stereocenters. The monoisotopic (exact) mass is 287 g/mol. The van der Waals surface area contributed by atoms with Gasteiger partial charge in [-0.15, -0.1) is 11.8 Å². The molecular weight excluding hydrogens is 266 g/mol. The zero-order valence-electron chi connectivity index (χ0n) is 12.1. The van der Waals surface area contributed by atoms with Gasteiger partial charge in [-0.3, -0.25) is 0 Å². The summed E-state index contributed by atoms with van der Waals surface area (Å²) in [5.41, 5.74) is 2.19. The molecule has 0 saturated carbocycles. The van der Waals surface area contributed by atoms with Crippen LogP contribution in [-0.2, 0) is 0 Å². The van der Waals surface area contributed by atoms with Crippen LogP contribution in [0.1, 0.15) is 37.1 Å². The maximum absolute atomic E-state index is 9.89. The summed E-state index contributed by atoms with van der Waals surface area (Å²) in [6.45, 7) is 4.21. The predicted molar refractivity (Wildman–Crippen MR) is 86.3 cm³/mol. The number of rotatable bonds is 5. The number of benzene rings is 2. The first-order valence-corrected chi connectivity index (χ1v) is 8.02. The summed E-state index contributed by atoms with van der Waals surface area (Å²) >= 11 is 1.75. The van der Waals surface area contributed by atoms with E-state index in [2.05, 4.69) is 49.7 Å². The molecule has 2 aromatic rings. The number of hydrogen-bond donors (Lipinski definition) is 2. The Bertz CT molecular complexity index is 553. The molecule has 2 rings (SSSR count). The minimum absolute atomic E-state index is 0.103. The van der Waals surface area contributed by atoms with Crippen molar-refractivity contribution in [3.63, 3.8) is 0 Å². The summed E-state index contributed by atoms with van der Waals surface area (Å²) in [4.78, 5) is 1.27. The first-order chi connectivity index (χ1) is 9.61. The molecule has 0 amide bonds. The molecule has 2 N–H and O–H groups in total. The van der Waals surface area contributed by atoms with Gasteiger partial charge in [-0.25, -0.2) is 0 Å². The third kappa shape index (κ3) is 3.56. The standard InChI is InChI=1S/C17H21NOS/c1-12(14-8-10-15(20-3)11-9-14)18-13(2)16-6-4-5-7-17(16)19/h4-13,18-19H,1-3H3. The minimum atomic E-state index is 0.103. The van der Waals surface area contributed by atoms with E-state index >= 15 is 0 Å². The van der Waals surface area contributed by atoms with Gasteiger partial charge >= 0.3 is 0 Å². The number of aromatic hydroxyl groups is 1. The van der Waals surface area contributed by atoms with Crippen molar-refractivity contribution in [2.75, 3.05) is 6.26 Å². The molecule has 2 atom stereocenters. The highest BCUT2D eigenvalue weighted by molar-refractivity contribution is 7.98. The lowest BCUT2D eigenvalue weighted by Gasteiger charge is -2.21. The van der Waals surface area contributed by atoms with E-state index in [9.17, 15) is 5.11 Å². The van der Waals surface area contributed by atoms with Crippen LogP contribution in [0, 0.1) is 0 Å². The van der Waals surface area contributed by atoms with Crippen LogP contribution in [0.3, 0.4) is 0 Å². The molecule has 0 spiro atoms. The molecule has 106 valence electrons. The lowest BCUT2D eigenvalue weighted by Crippen LogP contribution is -2.22. The average Bonchev–Trinajstić information content (AvgIpc) is 2.47. The fourth-order valence-electron chi connectivity index (χ4n) is 2.31. The molecule has 0 aliphatic carbocycles. The molecule has 0 saturated heterocycles. The fraction of sp³-hybridized carbons (Fsp3) is 0.294. The van der Waals surface area contributed by atoms with Crippen LogP contribution in [-0.4, -0.2) is 11.4 Å². The Morgan fingerprint density at radius 3 is 2.20 bits per heavy atom. The van der Waals surface area contributed by atoms with E-state index in [4.69, 9.17) is 0 Å². The van der Waals surface area contributed by atoms with E-state index in [0.717, 1.165) is 5.56 Å². The normalized spacial score (nSPS) is 13.9. The van der Waals surface area contributed by atoms with Crippen molar-refractivity contribution < 1.29 is 5.11 Å². The summed E-state index contributed by atoms with van der Waals surface area (Å²) in [5, 5.41) is 13.4. The number of para-hydroxylation sites is 1. The summed E-state index contributed by atoms with van der Waals surface area (Å²) in [6, 6.07) is 16.4. The molecular formula is C17H21NOS. The van der Waals surface area contributed by atoms with Crippen LogP contribution < -0.4 is 5.32 Å². The van der Waals surface area contributed by atoms with Gasteiger partial charge in [0.2, 0.25) is 0 Å². The second kappa shape index (κ2) is 6.82. The van der Waals surface area contributed by atoms with Gasteiger partial charge in [0.15, 0.2) is 0 Å². The molecule has 0 heterocycles. The van der Waals surface area contributed by atoms with Crippen molar-refractivity contribution in [2.24, 2.45) is 0 Å². The van der Waals surface area contributed by atoms with Gasteiger partial charge in [-0.05, 0) is 43.9 Å². The highest BCUT2D eigenvalue weighted by Crippen LogP contribution is 2.26. The van der Waals surface area contributed by atoms with Crippen molar-refractivity contribution in [3.05, 3.63) is 59.7 Å². The molecule has 2 nitrogen and oxygen atoms in total. The largest absolute Gasteiger partial charge is 0.508 e. The van der Waals surface area contributed by atoms with Crippen molar-refractivity contribution in [1.82, 2.24) is 5.32 Å². The molecule has 20 heavy (non-hydrogen) atoms. The minimum Gasteiger partial charge on any atom is -0.508 e. The van der Waals surface area contributed by atoms with E-state index in [1.807, 2.05) is 18.2 Å². The smallest absolute Gasteiger partial charge is 0.120 e. The van der Waals surface area contributed by atoms with Gasteiger partial charge < -0.3 is 10.4 Å². The summed E-state index contributed by atoms with van der Waals surface area (Å²) in [5.74, 6) is 0.345. The number of thioether (sulfide) groups is 1. The zero-order valence-corrected chi connectivity index (χ0v) is 12.9. The first-order valence-electron chi connectivity index (χ1n) is 6.79. The Morgan fingerprint density at radius 2 is 1.60 bits per heavy atom. The van der Waals surface area contributed by atoms with Gasteiger partial charge in [0.25, 0.3) is 0 Å². The van der Waals surface area contributed by atoms with Crippen molar-refractivity contribution in [2.45, 2.75) is 30.8 Å². The number of nitrogens with one attached hydrogen (secondary N) is 1. The number of phenolic OH excluding ortho intramolecular Hbond substituents is 1. The Balaban J connectivity index is 2.06. The van der Waals surface area contributed by atoms with E-state index in [-0.39, 0.29) is 12.1 Å². The van der Waals surface area contributed by atoms with E-state index in [1.165, 1.54) is 10.5 Å². The summed E-state index contributed by atoms with van der Waals surface area (Å²) < 4.78 is 0. The lowest BCUT2D eigenvalue weighted by molar-refractivity contribution is 0.438. The Morgan fingerprint density at radius 1 is 0.950 bits per heavy atom. The number of hydrogen-bond acceptors (Lipinski definition) is 3. The molecule has 2 aromatic carbocycles. The van der Waals surface area contributed by atoms with Crippen LogP contribution >= 0.6 is 11.8 Å². The zero-order chi connectivity index (χ0) is 14.5. The molecule has 0 bridgehead atoms. The maximum atomic E-state index is 9.89. The predicted octanol–water partition coefficient (Wildman–Crippen LogP) is 4.53. The third-order valence-electron chi connectivity index (χ3n) is 3.52. The maximum Gasteiger partial charge on any atom is 0.120 e. The van der Waals surface area contributed by atoms with Crippen LogP contribution in [0.15, 0.2) is 53.4 Å². The van der Waals surface area contributed by atoms with E-state index in [0.29, 0.717) is 5.75 Å². The third-order valence-corrected chi connectivity index (χ3v) is 4.26. The van der Waals surface area contributed by atoms with Gasteiger partial charge in [0, 0.05) is 22.5 Å². The lowest BCUT2D eigenvalue weighted by atomic mass is 10.0. The van der Waals surface area contributed by atoms with Crippen LogP contribution in [0.25, 0.3) is 0 Å². The Hall–Kier alpha value is -1.45. The quantitative estimate of drug-likeness (QED) is 0.793. The SMILES string of the molecule is CSc1ccc(C(C)NC(C)c2ccccc2O)cc1. The molecule has 0 aliphatic heterocycles. The first kappa shape index (κ1) is 14.9.